The molecule has 0 aliphatic carbocycles. The number of carbonyl (C=O) groups excluding carboxylic acids is 1. The lowest BCUT2D eigenvalue weighted by molar-refractivity contribution is 0.105. The third kappa shape index (κ3) is 2.55. The first kappa shape index (κ1) is 14.1. The summed E-state index contributed by atoms with van der Waals surface area (Å²) in [5, 5.41) is 5.37. The van der Waals surface area contributed by atoms with Gasteiger partial charge >= 0.3 is 6.09 Å². The van der Waals surface area contributed by atoms with Gasteiger partial charge < -0.3 is 14.5 Å². The van der Waals surface area contributed by atoms with Gasteiger partial charge in [-0.2, -0.15) is 5.10 Å². The van der Waals surface area contributed by atoms with E-state index in [4.69, 9.17) is 4.74 Å². The molecule has 0 spiro atoms. The van der Waals surface area contributed by atoms with Crippen LogP contribution in [-0.4, -0.2) is 58.5 Å². The summed E-state index contributed by atoms with van der Waals surface area (Å²) in [4.78, 5) is 20.3. The van der Waals surface area contributed by atoms with Crippen LogP contribution in [0.15, 0.2) is 0 Å². The van der Waals surface area contributed by atoms with Crippen molar-refractivity contribution < 1.29 is 9.53 Å². The standard InChI is InChI=1S/C13H19N5O2S/c1-4-20-13(19)18-7-5-17(6-8-18)12-14-11-10(21-12)9(2)15-16(11)3/h4-8H2,1-3H3. The Morgan fingerprint density at radius 1 is 1.33 bits per heavy atom. The molecule has 1 amide bonds. The number of hydrogen-bond donors (Lipinski definition) is 0. The fraction of sp³-hybridized carbons (Fsp3) is 0.615. The Morgan fingerprint density at radius 2 is 2.05 bits per heavy atom. The Bertz CT molecular complexity index is 622. The van der Waals surface area contributed by atoms with Crippen molar-refractivity contribution in [1.82, 2.24) is 19.7 Å². The lowest BCUT2D eigenvalue weighted by Gasteiger charge is -2.33. The summed E-state index contributed by atoms with van der Waals surface area (Å²) in [5.41, 5.74) is 1.95. The van der Waals surface area contributed by atoms with Crippen LogP contribution < -0.4 is 4.90 Å². The minimum atomic E-state index is -0.221. The molecule has 114 valence electrons. The SMILES string of the molecule is CCOC(=O)N1CCN(c2nc3c(s2)c(C)nn3C)CC1. The predicted octanol–water partition coefficient (Wildman–Crippen LogP) is 1.62. The Morgan fingerprint density at radius 3 is 2.67 bits per heavy atom. The van der Waals surface area contributed by atoms with Crippen LogP contribution in [-0.2, 0) is 11.8 Å². The van der Waals surface area contributed by atoms with E-state index in [2.05, 4.69) is 15.0 Å². The fourth-order valence-electron chi connectivity index (χ4n) is 2.50. The highest BCUT2D eigenvalue weighted by Gasteiger charge is 2.24. The molecule has 0 atom stereocenters. The van der Waals surface area contributed by atoms with Gasteiger partial charge in [-0.3, -0.25) is 0 Å². The van der Waals surface area contributed by atoms with E-state index in [1.165, 1.54) is 0 Å². The molecule has 0 aromatic carbocycles. The molecule has 2 aromatic heterocycles. The van der Waals surface area contributed by atoms with E-state index in [9.17, 15) is 4.79 Å². The van der Waals surface area contributed by atoms with Crippen molar-refractivity contribution in [2.24, 2.45) is 7.05 Å². The van der Waals surface area contributed by atoms with E-state index in [0.29, 0.717) is 19.7 Å². The molecule has 0 radical (unpaired) electrons. The molecule has 0 bridgehead atoms. The highest BCUT2D eigenvalue weighted by atomic mass is 32.1. The quantitative estimate of drug-likeness (QED) is 0.843. The maximum atomic E-state index is 11.7. The minimum absolute atomic E-state index is 0.221. The average molecular weight is 309 g/mol. The van der Waals surface area contributed by atoms with Crippen molar-refractivity contribution in [2.45, 2.75) is 13.8 Å². The molecule has 2 aromatic rings. The second kappa shape index (κ2) is 5.51. The molecule has 3 heterocycles. The first-order chi connectivity index (χ1) is 10.1. The van der Waals surface area contributed by atoms with Gasteiger partial charge in [-0.1, -0.05) is 11.3 Å². The molecule has 21 heavy (non-hydrogen) atoms. The molecular formula is C13H19N5O2S. The number of ether oxygens (including phenoxy) is 1. The van der Waals surface area contributed by atoms with E-state index >= 15 is 0 Å². The highest BCUT2D eigenvalue weighted by molar-refractivity contribution is 7.22. The zero-order valence-electron chi connectivity index (χ0n) is 12.5. The number of anilines is 1. The van der Waals surface area contributed by atoms with Crippen LogP contribution in [0, 0.1) is 6.92 Å². The molecule has 1 saturated heterocycles. The molecule has 1 aliphatic heterocycles. The lowest BCUT2D eigenvalue weighted by atomic mass is 10.3. The molecule has 7 nitrogen and oxygen atoms in total. The zero-order chi connectivity index (χ0) is 15.0. The van der Waals surface area contributed by atoms with Crippen LogP contribution in [0.25, 0.3) is 10.3 Å². The van der Waals surface area contributed by atoms with Crippen LogP contribution in [0.2, 0.25) is 0 Å². The number of fused-ring (bicyclic) bond motifs is 1. The van der Waals surface area contributed by atoms with Crippen molar-refractivity contribution in [2.75, 3.05) is 37.7 Å². The van der Waals surface area contributed by atoms with Gasteiger partial charge in [-0.05, 0) is 13.8 Å². The number of aromatic nitrogens is 3. The van der Waals surface area contributed by atoms with Crippen molar-refractivity contribution in [3.8, 4) is 0 Å². The summed E-state index contributed by atoms with van der Waals surface area (Å²) in [6.45, 7) is 7.16. The van der Waals surface area contributed by atoms with E-state index in [1.54, 1.807) is 16.2 Å². The number of aryl methyl sites for hydroxylation is 2. The smallest absolute Gasteiger partial charge is 0.409 e. The van der Waals surface area contributed by atoms with Crippen LogP contribution in [0.3, 0.4) is 0 Å². The molecular weight excluding hydrogens is 290 g/mol. The number of amides is 1. The second-order valence-corrected chi connectivity index (χ2v) is 6.01. The third-order valence-electron chi connectivity index (χ3n) is 3.61. The summed E-state index contributed by atoms with van der Waals surface area (Å²) < 4.78 is 7.99. The normalized spacial score (nSPS) is 15.8. The molecule has 0 N–H and O–H groups in total. The summed E-state index contributed by atoms with van der Waals surface area (Å²) in [7, 11) is 1.91. The van der Waals surface area contributed by atoms with Crippen LogP contribution in [0.1, 0.15) is 12.6 Å². The zero-order valence-corrected chi connectivity index (χ0v) is 13.3. The number of thiazole rings is 1. The van der Waals surface area contributed by atoms with Gasteiger partial charge in [-0.15, -0.1) is 0 Å². The maximum absolute atomic E-state index is 11.7. The van der Waals surface area contributed by atoms with Crippen molar-refractivity contribution in [3.05, 3.63) is 5.69 Å². The molecule has 3 rings (SSSR count). The van der Waals surface area contributed by atoms with Crippen LogP contribution in [0.4, 0.5) is 9.93 Å². The minimum Gasteiger partial charge on any atom is -0.450 e. The van der Waals surface area contributed by atoms with Gasteiger partial charge in [0.15, 0.2) is 10.8 Å². The summed E-state index contributed by atoms with van der Waals surface area (Å²) in [6, 6.07) is 0. The van der Waals surface area contributed by atoms with E-state index < -0.39 is 0 Å². The third-order valence-corrected chi connectivity index (χ3v) is 4.82. The topological polar surface area (TPSA) is 63.5 Å². The molecule has 8 heteroatoms. The van der Waals surface area contributed by atoms with Crippen molar-refractivity contribution >= 4 is 32.9 Å². The van der Waals surface area contributed by atoms with Gasteiger partial charge in [0, 0.05) is 33.2 Å². The number of nitrogens with zero attached hydrogens (tertiary/aromatic N) is 5. The predicted molar refractivity (Wildman–Crippen MR) is 81.9 cm³/mol. The monoisotopic (exact) mass is 309 g/mol. The first-order valence-electron chi connectivity index (χ1n) is 7.07. The Kier molecular flexibility index (Phi) is 3.71. The molecule has 0 saturated carbocycles. The Hall–Kier alpha value is -1.83. The number of carbonyl (C=O) groups is 1. The fourth-order valence-corrected chi connectivity index (χ4v) is 3.59. The van der Waals surface area contributed by atoms with Gasteiger partial charge in [0.1, 0.15) is 0 Å². The van der Waals surface area contributed by atoms with Crippen molar-refractivity contribution in [3.63, 3.8) is 0 Å². The average Bonchev–Trinajstić information content (AvgIpc) is 3.02. The van der Waals surface area contributed by atoms with E-state index in [0.717, 1.165) is 34.3 Å². The Balaban J connectivity index is 1.71. The summed E-state index contributed by atoms with van der Waals surface area (Å²) in [5.74, 6) is 0. The Labute approximate surface area is 127 Å². The summed E-state index contributed by atoms with van der Waals surface area (Å²) in [6.07, 6.45) is -0.221. The number of piperazine rings is 1. The van der Waals surface area contributed by atoms with Crippen molar-refractivity contribution in [1.29, 1.82) is 0 Å². The summed E-state index contributed by atoms with van der Waals surface area (Å²) >= 11 is 1.67. The van der Waals surface area contributed by atoms with Gasteiger partial charge in [0.2, 0.25) is 0 Å². The van der Waals surface area contributed by atoms with E-state index in [-0.39, 0.29) is 6.09 Å². The first-order valence-corrected chi connectivity index (χ1v) is 7.88. The highest BCUT2D eigenvalue weighted by Crippen LogP contribution is 2.31. The second-order valence-electron chi connectivity index (χ2n) is 5.03. The molecule has 0 unspecified atom stereocenters. The lowest BCUT2D eigenvalue weighted by Crippen LogP contribution is -2.49. The van der Waals surface area contributed by atoms with Gasteiger partial charge in [-0.25, -0.2) is 14.5 Å². The van der Waals surface area contributed by atoms with Crippen LogP contribution in [0.5, 0.6) is 0 Å². The number of rotatable bonds is 2. The van der Waals surface area contributed by atoms with Gasteiger partial charge in [0.05, 0.1) is 17.0 Å². The number of hydrogen-bond acceptors (Lipinski definition) is 6. The van der Waals surface area contributed by atoms with Gasteiger partial charge in [0.25, 0.3) is 0 Å². The largest absolute Gasteiger partial charge is 0.450 e. The van der Waals surface area contributed by atoms with Crippen LogP contribution >= 0.6 is 11.3 Å². The molecule has 1 fully saturated rings. The molecule has 1 aliphatic rings. The van der Waals surface area contributed by atoms with E-state index in [1.807, 2.05) is 25.6 Å². The maximum Gasteiger partial charge on any atom is 0.409 e.